The molecule has 2 saturated heterocycles. The van der Waals surface area contributed by atoms with Crippen LogP contribution < -0.4 is 10.6 Å². The van der Waals surface area contributed by atoms with Gasteiger partial charge in [-0.05, 0) is 62.4 Å². The van der Waals surface area contributed by atoms with Crippen LogP contribution in [0.5, 0.6) is 0 Å². The number of piperidine rings is 1. The number of hydrogen-bond acceptors (Lipinski definition) is 3. The van der Waals surface area contributed by atoms with Crippen LogP contribution in [0, 0.1) is 0 Å². The van der Waals surface area contributed by atoms with Crippen LogP contribution in [0.2, 0.25) is 0 Å². The second-order valence-corrected chi connectivity index (χ2v) is 9.40. The summed E-state index contributed by atoms with van der Waals surface area (Å²) >= 11 is 0. The van der Waals surface area contributed by atoms with Crippen molar-refractivity contribution in [3.05, 3.63) is 71.3 Å². The summed E-state index contributed by atoms with van der Waals surface area (Å²) in [6.07, 6.45) is 4.97. The van der Waals surface area contributed by atoms with Gasteiger partial charge in [0, 0.05) is 45.3 Å². The quantitative estimate of drug-likeness (QED) is 0.512. The summed E-state index contributed by atoms with van der Waals surface area (Å²) < 4.78 is 0. The van der Waals surface area contributed by atoms with E-state index in [0.29, 0.717) is 12.1 Å². The molecule has 0 radical (unpaired) electrons. The van der Waals surface area contributed by atoms with Gasteiger partial charge < -0.3 is 10.6 Å². The maximum absolute atomic E-state index is 4.47. The van der Waals surface area contributed by atoms with Crippen LogP contribution in [0.3, 0.4) is 0 Å². The fraction of sp³-hybridized carbons (Fsp3) is 0.519. The molecular weight excluding hydrogens is 394 g/mol. The first-order chi connectivity index (χ1) is 15.7. The topological polar surface area (TPSA) is 42.9 Å². The van der Waals surface area contributed by atoms with E-state index in [4.69, 9.17) is 0 Å². The number of benzene rings is 2. The van der Waals surface area contributed by atoms with E-state index in [-0.39, 0.29) is 0 Å². The third-order valence-corrected chi connectivity index (χ3v) is 6.89. The molecule has 0 aliphatic carbocycles. The van der Waals surface area contributed by atoms with Crippen molar-refractivity contribution in [2.75, 3.05) is 26.7 Å². The van der Waals surface area contributed by atoms with Crippen LogP contribution in [-0.4, -0.2) is 54.5 Å². The number of rotatable bonds is 7. The van der Waals surface area contributed by atoms with Crippen LogP contribution in [0.1, 0.15) is 49.3 Å². The standard InChI is InChI=1S/C27H39N5/c1-22-18-26(14-17-32(22)21-24-8-4-3-5-9-24)30-27(28-2)29-19-23-10-12-25(13-11-23)20-31-15-6-7-16-31/h3-5,8-13,22,26H,6-7,14-21H2,1-2H3,(H2,28,29,30). The molecule has 0 amide bonds. The van der Waals surface area contributed by atoms with E-state index in [0.717, 1.165) is 45.0 Å². The summed E-state index contributed by atoms with van der Waals surface area (Å²) in [4.78, 5) is 9.61. The van der Waals surface area contributed by atoms with Crippen molar-refractivity contribution in [3.8, 4) is 0 Å². The molecule has 0 spiro atoms. The first-order valence-electron chi connectivity index (χ1n) is 12.2. The van der Waals surface area contributed by atoms with Gasteiger partial charge in [-0.2, -0.15) is 0 Å². The molecule has 0 saturated carbocycles. The predicted octanol–water partition coefficient (Wildman–Crippen LogP) is 4.00. The second-order valence-electron chi connectivity index (χ2n) is 9.40. The van der Waals surface area contributed by atoms with Gasteiger partial charge >= 0.3 is 0 Å². The van der Waals surface area contributed by atoms with Crippen molar-refractivity contribution in [3.63, 3.8) is 0 Å². The van der Waals surface area contributed by atoms with Crippen LogP contribution >= 0.6 is 0 Å². The van der Waals surface area contributed by atoms with Crippen LogP contribution in [-0.2, 0) is 19.6 Å². The molecule has 5 heteroatoms. The normalized spacial score (nSPS) is 22.8. The summed E-state index contributed by atoms with van der Waals surface area (Å²) in [7, 11) is 1.86. The zero-order valence-electron chi connectivity index (χ0n) is 19.8. The molecule has 0 bridgehead atoms. The molecule has 2 aliphatic heterocycles. The molecular formula is C27H39N5. The van der Waals surface area contributed by atoms with Gasteiger partial charge in [-0.1, -0.05) is 54.6 Å². The highest BCUT2D eigenvalue weighted by Crippen LogP contribution is 2.20. The van der Waals surface area contributed by atoms with E-state index in [9.17, 15) is 0 Å². The summed E-state index contributed by atoms with van der Waals surface area (Å²) in [5.41, 5.74) is 4.10. The molecule has 2 heterocycles. The highest BCUT2D eigenvalue weighted by molar-refractivity contribution is 5.79. The maximum Gasteiger partial charge on any atom is 0.191 e. The van der Waals surface area contributed by atoms with E-state index in [1.54, 1.807) is 0 Å². The SMILES string of the molecule is CN=C(NCc1ccc(CN2CCCC2)cc1)NC1CCN(Cc2ccccc2)C(C)C1. The summed E-state index contributed by atoms with van der Waals surface area (Å²) in [5, 5.41) is 7.16. The number of nitrogens with one attached hydrogen (secondary N) is 2. The van der Waals surface area contributed by atoms with Gasteiger partial charge in [0.25, 0.3) is 0 Å². The third-order valence-electron chi connectivity index (χ3n) is 6.89. The van der Waals surface area contributed by atoms with E-state index in [1.807, 2.05) is 7.05 Å². The summed E-state index contributed by atoms with van der Waals surface area (Å²) in [6.45, 7) is 8.86. The Kier molecular flexibility index (Phi) is 8.18. The lowest BCUT2D eigenvalue weighted by Crippen LogP contribution is -2.51. The maximum atomic E-state index is 4.47. The predicted molar refractivity (Wildman–Crippen MR) is 134 cm³/mol. The highest BCUT2D eigenvalue weighted by atomic mass is 15.2. The van der Waals surface area contributed by atoms with E-state index < -0.39 is 0 Å². The van der Waals surface area contributed by atoms with Gasteiger partial charge in [0.05, 0.1) is 0 Å². The minimum absolute atomic E-state index is 0.464. The Balaban J connectivity index is 1.21. The molecule has 4 rings (SSSR count). The zero-order chi connectivity index (χ0) is 22.2. The Bertz CT molecular complexity index is 842. The molecule has 172 valence electrons. The van der Waals surface area contributed by atoms with E-state index in [1.165, 1.54) is 42.6 Å². The van der Waals surface area contributed by atoms with E-state index in [2.05, 4.69) is 86.9 Å². The largest absolute Gasteiger partial charge is 0.354 e. The number of guanidine groups is 1. The fourth-order valence-electron chi connectivity index (χ4n) is 4.94. The van der Waals surface area contributed by atoms with Gasteiger partial charge in [-0.15, -0.1) is 0 Å². The van der Waals surface area contributed by atoms with Gasteiger partial charge in [0.2, 0.25) is 0 Å². The summed E-state index contributed by atoms with van der Waals surface area (Å²) in [5.74, 6) is 0.903. The van der Waals surface area contributed by atoms with Gasteiger partial charge in [0.15, 0.2) is 5.96 Å². The number of aliphatic imine (C=N–C) groups is 1. The Morgan fingerprint density at radius 2 is 1.59 bits per heavy atom. The molecule has 2 fully saturated rings. The first-order valence-corrected chi connectivity index (χ1v) is 12.2. The van der Waals surface area contributed by atoms with Crippen molar-refractivity contribution in [1.29, 1.82) is 0 Å². The molecule has 2 atom stereocenters. The lowest BCUT2D eigenvalue weighted by atomic mass is 9.97. The van der Waals surface area contributed by atoms with Crippen molar-refractivity contribution < 1.29 is 0 Å². The third kappa shape index (κ3) is 6.57. The Morgan fingerprint density at radius 3 is 2.28 bits per heavy atom. The number of nitrogens with zero attached hydrogens (tertiary/aromatic N) is 3. The van der Waals surface area contributed by atoms with Crippen LogP contribution in [0.25, 0.3) is 0 Å². The Hall–Kier alpha value is -2.37. The number of likely N-dealkylation sites (tertiary alicyclic amines) is 2. The van der Waals surface area contributed by atoms with Crippen LogP contribution in [0.4, 0.5) is 0 Å². The number of hydrogen-bond donors (Lipinski definition) is 2. The average molecular weight is 434 g/mol. The highest BCUT2D eigenvalue weighted by Gasteiger charge is 2.26. The van der Waals surface area contributed by atoms with Crippen molar-refractivity contribution >= 4 is 5.96 Å². The summed E-state index contributed by atoms with van der Waals surface area (Å²) in [6, 6.07) is 20.9. The molecule has 2 N–H and O–H groups in total. The minimum Gasteiger partial charge on any atom is -0.354 e. The second kappa shape index (κ2) is 11.5. The van der Waals surface area contributed by atoms with Gasteiger partial charge in [-0.3, -0.25) is 14.8 Å². The fourth-order valence-corrected chi connectivity index (χ4v) is 4.94. The van der Waals surface area contributed by atoms with E-state index >= 15 is 0 Å². The Labute approximate surface area is 193 Å². The van der Waals surface area contributed by atoms with Crippen molar-refractivity contribution in [1.82, 2.24) is 20.4 Å². The first kappa shape index (κ1) is 22.8. The van der Waals surface area contributed by atoms with Crippen molar-refractivity contribution in [2.24, 2.45) is 4.99 Å². The molecule has 2 aliphatic rings. The van der Waals surface area contributed by atoms with Crippen LogP contribution in [0.15, 0.2) is 59.6 Å². The van der Waals surface area contributed by atoms with Crippen molar-refractivity contribution in [2.45, 2.75) is 64.3 Å². The molecule has 2 aromatic carbocycles. The monoisotopic (exact) mass is 433 g/mol. The molecule has 5 nitrogen and oxygen atoms in total. The molecule has 32 heavy (non-hydrogen) atoms. The molecule has 2 unspecified atom stereocenters. The molecule has 0 aromatic heterocycles. The molecule has 2 aromatic rings. The Morgan fingerprint density at radius 1 is 0.906 bits per heavy atom. The van der Waals surface area contributed by atoms with Gasteiger partial charge in [0.1, 0.15) is 0 Å². The minimum atomic E-state index is 0.464. The smallest absolute Gasteiger partial charge is 0.191 e. The van der Waals surface area contributed by atoms with Gasteiger partial charge in [-0.25, -0.2) is 0 Å². The average Bonchev–Trinajstić information content (AvgIpc) is 3.33. The zero-order valence-corrected chi connectivity index (χ0v) is 19.8. The lowest BCUT2D eigenvalue weighted by molar-refractivity contribution is 0.134. The lowest BCUT2D eigenvalue weighted by Gasteiger charge is -2.38.